The number of likely N-dealkylation sites (N-methyl/N-ethyl adjacent to an activating group) is 1. The average molecular weight is 472 g/mol. The number of benzene rings is 2. The molecular weight excluding hydrogens is 449 g/mol. The average Bonchev–Trinajstić information content (AvgIpc) is 2.76. The number of hydrogen-bond acceptors (Lipinski definition) is 2. The molecule has 32 heavy (non-hydrogen) atoms. The predicted molar refractivity (Wildman–Crippen MR) is 118 cm³/mol. The van der Waals surface area contributed by atoms with Crippen LogP contribution < -0.4 is 4.74 Å². The van der Waals surface area contributed by atoms with Gasteiger partial charge in [-0.25, -0.2) is 8.78 Å². The van der Waals surface area contributed by atoms with E-state index >= 15 is 0 Å². The van der Waals surface area contributed by atoms with Gasteiger partial charge in [-0.2, -0.15) is 13.2 Å². The second kappa shape index (κ2) is 10.7. The maximum absolute atomic E-state index is 15.0. The van der Waals surface area contributed by atoms with Crippen molar-refractivity contribution in [3.8, 4) is 5.75 Å². The van der Waals surface area contributed by atoms with Gasteiger partial charge in [-0.05, 0) is 18.6 Å². The van der Waals surface area contributed by atoms with Crippen LogP contribution in [0.1, 0.15) is 31.9 Å². The summed E-state index contributed by atoms with van der Waals surface area (Å²) >= 11 is 6.30. The van der Waals surface area contributed by atoms with E-state index in [1.807, 2.05) is 13.8 Å². The van der Waals surface area contributed by atoms with Gasteiger partial charge < -0.3 is 9.64 Å². The SMILES string of the molecule is C=C1C(Cl)=CC(c2ccccc2)=C(c2c(F)cc(OCC(F)(F)F)cc2F)N1CC.CC. The Balaban J connectivity index is 0.00000176. The first-order valence-electron chi connectivity index (χ1n) is 9.95. The van der Waals surface area contributed by atoms with Gasteiger partial charge in [-0.15, -0.1) is 0 Å². The first-order chi connectivity index (χ1) is 15.1. The molecule has 1 aliphatic heterocycles. The van der Waals surface area contributed by atoms with Crippen LogP contribution in [0.25, 0.3) is 11.3 Å². The Bertz CT molecular complexity index is 1010. The fourth-order valence-corrected chi connectivity index (χ4v) is 3.38. The molecule has 8 heteroatoms. The number of halogens is 6. The monoisotopic (exact) mass is 471 g/mol. The van der Waals surface area contributed by atoms with E-state index < -0.39 is 35.7 Å². The van der Waals surface area contributed by atoms with Crippen molar-refractivity contribution in [2.24, 2.45) is 0 Å². The van der Waals surface area contributed by atoms with Gasteiger partial charge in [0.25, 0.3) is 0 Å². The van der Waals surface area contributed by atoms with Crippen LogP contribution in [0.3, 0.4) is 0 Å². The van der Waals surface area contributed by atoms with Gasteiger partial charge in [0, 0.05) is 24.3 Å². The first-order valence-corrected chi connectivity index (χ1v) is 10.3. The van der Waals surface area contributed by atoms with Gasteiger partial charge in [0.15, 0.2) is 6.61 Å². The lowest BCUT2D eigenvalue weighted by Gasteiger charge is -2.34. The zero-order valence-corrected chi connectivity index (χ0v) is 18.6. The zero-order valence-electron chi connectivity index (χ0n) is 17.9. The zero-order chi connectivity index (χ0) is 24.1. The highest BCUT2D eigenvalue weighted by molar-refractivity contribution is 6.33. The van der Waals surface area contributed by atoms with E-state index in [-0.39, 0.29) is 5.70 Å². The minimum atomic E-state index is -4.63. The van der Waals surface area contributed by atoms with Crippen molar-refractivity contribution in [2.45, 2.75) is 26.9 Å². The molecule has 0 amide bonds. The molecule has 2 aromatic rings. The largest absolute Gasteiger partial charge is 0.484 e. The van der Waals surface area contributed by atoms with Crippen LogP contribution in [0, 0.1) is 11.6 Å². The third-order valence-corrected chi connectivity index (χ3v) is 4.78. The first kappa shape index (κ1) is 25.5. The highest BCUT2D eigenvalue weighted by Gasteiger charge is 2.31. The highest BCUT2D eigenvalue weighted by atomic mass is 35.5. The summed E-state index contributed by atoms with van der Waals surface area (Å²) in [5.41, 5.74) is 1.24. The van der Waals surface area contributed by atoms with Crippen molar-refractivity contribution in [2.75, 3.05) is 13.2 Å². The minimum absolute atomic E-state index is 0.176. The molecule has 1 heterocycles. The maximum Gasteiger partial charge on any atom is 0.422 e. The Morgan fingerprint density at radius 1 is 1.03 bits per heavy atom. The summed E-state index contributed by atoms with van der Waals surface area (Å²) in [6.45, 7) is 8.30. The Morgan fingerprint density at radius 3 is 2.09 bits per heavy atom. The molecule has 172 valence electrons. The van der Waals surface area contributed by atoms with Gasteiger partial charge in [0.2, 0.25) is 0 Å². The lowest BCUT2D eigenvalue weighted by Crippen LogP contribution is -2.26. The molecule has 0 bridgehead atoms. The number of nitrogens with zero attached hydrogens (tertiary/aromatic N) is 1. The highest BCUT2D eigenvalue weighted by Crippen LogP contribution is 2.42. The van der Waals surface area contributed by atoms with Crippen LogP contribution in [0.4, 0.5) is 22.0 Å². The van der Waals surface area contributed by atoms with Crippen molar-refractivity contribution in [3.05, 3.63) is 88.6 Å². The number of ether oxygens (including phenoxy) is 1. The lowest BCUT2D eigenvalue weighted by molar-refractivity contribution is -0.153. The van der Waals surface area contributed by atoms with E-state index in [9.17, 15) is 22.0 Å². The molecule has 0 fully saturated rings. The third-order valence-electron chi connectivity index (χ3n) is 4.45. The number of allylic oxidation sites excluding steroid dienone is 3. The van der Waals surface area contributed by atoms with E-state index in [1.165, 1.54) is 0 Å². The molecule has 2 aromatic carbocycles. The Labute approximate surface area is 189 Å². The van der Waals surface area contributed by atoms with Gasteiger partial charge in [0.1, 0.15) is 17.4 Å². The molecule has 2 nitrogen and oxygen atoms in total. The molecule has 3 rings (SSSR count). The van der Waals surface area contributed by atoms with E-state index in [4.69, 9.17) is 11.6 Å². The molecule has 0 aliphatic carbocycles. The van der Waals surface area contributed by atoms with Crippen molar-refractivity contribution in [1.82, 2.24) is 4.90 Å². The number of alkyl halides is 3. The summed E-state index contributed by atoms with van der Waals surface area (Å²) < 4.78 is 71.6. The standard InChI is InChI=1S/C22H17ClF5NO.C2H6/c1-3-29-13(2)17(23)11-16(14-7-5-4-6-8-14)21(29)20-18(24)9-15(10-19(20)25)30-12-22(26,27)28;1-2/h4-11H,2-3,12H2,1H3;1-2H3. The second-order valence-corrected chi connectivity index (χ2v) is 6.88. The molecule has 1 aliphatic rings. The molecule has 0 spiro atoms. The quantitative estimate of drug-likeness (QED) is 0.413. The fourth-order valence-electron chi connectivity index (χ4n) is 3.17. The smallest absolute Gasteiger partial charge is 0.422 e. The number of rotatable bonds is 5. The molecule has 0 atom stereocenters. The van der Waals surface area contributed by atoms with E-state index in [0.717, 1.165) is 12.1 Å². The fraction of sp³-hybridized carbons (Fsp3) is 0.250. The summed E-state index contributed by atoms with van der Waals surface area (Å²) in [6.07, 6.45) is -3.07. The minimum Gasteiger partial charge on any atom is -0.484 e. The van der Waals surface area contributed by atoms with Gasteiger partial charge in [0.05, 0.1) is 22.0 Å². The van der Waals surface area contributed by atoms with E-state index in [1.54, 1.807) is 48.2 Å². The van der Waals surface area contributed by atoms with E-state index in [0.29, 0.717) is 28.4 Å². The van der Waals surface area contributed by atoms with Crippen LogP contribution >= 0.6 is 11.6 Å². The molecule has 0 aromatic heterocycles. The summed E-state index contributed by atoms with van der Waals surface area (Å²) in [4.78, 5) is 1.56. The summed E-state index contributed by atoms with van der Waals surface area (Å²) in [7, 11) is 0. The summed E-state index contributed by atoms with van der Waals surface area (Å²) in [6, 6.07) is 10.3. The van der Waals surface area contributed by atoms with Crippen molar-refractivity contribution >= 4 is 22.9 Å². The Kier molecular flexibility index (Phi) is 8.50. The topological polar surface area (TPSA) is 12.5 Å². The molecule has 0 saturated carbocycles. The lowest BCUT2D eigenvalue weighted by atomic mass is 9.94. The molecule has 0 N–H and O–H groups in total. The van der Waals surface area contributed by atoms with Crippen LogP contribution in [-0.4, -0.2) is 24.2 Å². The summed E-state index contributed by atoms with van der Waals surface area (Å²) in [5.74, 6) is -2.68. The van der Waals surface area contributed by atoms with Crippen LogP contribution in [0.15, 0.2) is 65.8 Å². The van der Waals surface area contributed by atoms with Crippen molar-refractivity contribution < 1.29 is 26.7 Å². The molecule has 0 unspecified atom stereocenters. The van der Waals surface area contributed by atoms with E-state index in [2.05, 4.69) is 11.3 Å². The normalized spacial score (nSPS) is 14.1. The van der Waals surface area contributed by atoms with Gasteiger partial charge >= 0.3 is 6.18 Å². The number of hydrogen-bond donors (Lipinski definition) is 0. The molecular formula is C24H23ClF5NO. The molecule has 0 saturated heterocycles. The predicted octanol–water partition coefficient (Wildman–Crippen LogP) is 7.77. The Hall–Kier alpha value is -2.80. The van der Waals surface area contributed by atoms with Crippen molar-refractivity contribution in [3.63, 3.8) is 0 Å². The van der Waals surface area contributed by atoms with Gasteiger partial charge in [-0.3, -0.25) is 0 Å². The maximum atomic E-state index is 15.0. The van der Waals surface area contributed by atoms with Crippen molar-refractivity contribution in [1.29, 1.82) is 0 Å². The summed E-state index contributed by atoms with van der Waals surface area (Å²) in [5, 5.41) is 0.311. The Morgan fingerprint density at radius 2 is 1.59 bits per heavy atom. The molecule has 0 radical (unpaired) electrons. The van der Waals surface area contributed by atoms with Crippen LogP contribution in [0.5, 0.6) is 5.75 Å². The third kappa shape index (κ3) is 5.71. The van der Waals surface area contributed by atoms with Crippen LogP contribution in [0.2, 0.25) is 0 Å². The van der Waals surface area contributed by atoms with Gasteiger partial charge in [-0.1, -0.05) is 62.4 Å². The second-order valence-electron chi connectivity index (χ2n) is 6.48. The van der Waals surface area contributed by atoms with Crippen LogP contribution in [-0.2, 0) is 0 Å².